The fraction of sp³-hybridized carbons (Fsp3) is 0.0769. The summed E-state index contributed by atoms with van der Waals surface area (Å²) < 4.78 is 41.0. The SMILES string of the molecule is FC(F)(F)c1ccc2c(c1)C1(c3ccccc3-c3ccccc31)c1ccccc1-2. The Bertz CT molecular complexity index is 1230. The highest BCUT2D eigenvalue weighted by Gasteiger charge is 2.52. The lowest BCUT2D eigenvalue weighted by Gasteiger charge is -2.30. The van der Waals surface area contributed by atoms with Gasteiger partial charge >= 0.3 is 6.18 Å². The molecule has 140 valence electrons. The predicted octanol–water partition coefficient (Wildman–Crippen LogP) is 7.05. The fourth-order valence-electron chi connectivity index (χ4n) is 5.27. The van der Waals surface area contributed by atoms with E-state index in [4.69, 9.17) is 0 Å². The Hall–Kier alpha value is -3.33. The minimum Gasteiger partial charge on any atom is -0.166 e. The summed E-state index contributed by atoms with van der Waals surface area (Å²) in [5, 5.41) is 0. The van der Waals surface area contributed by atoms with Gasteiger partial charge in [0.05, 0.1) is 11.0 Å². The van der Waals surface area contributed by atoms with Crippen molar-refractivity contribution in [3.63, 3.8) is 0 Å². The lowest BCUT2D eigenvalue weighted by molar-refractivity contribution is -0.137. The van der Waals surface area contributed by atoms with Crippen LogP contribution in [-0.4, -0.2) is 0 Å². The highest BCUT2D eigenvalue weighted by atomic mass is 19.4. The molecule has 0 saturated heterocycles. The van der Waals surface area contributed by atoms with Crippen LogP contribution in [0, 0.1) is 0 Å². The number of halogens is 3. The van der Waals surface area contributed by atoms with E-state index in [0.717, 1.165) is 38.9 Å². The zero-order chi connectivity index (χ0) is 19.8. The smallest absolute Gasteiger partial charge is 0.166 e. The third-order valence-electron chi connectivity index (χ3n) is 6.32. The normalized spacial score (nSPS) is 15.0. The lowest BCUT2D eigenvalue weighted by atomic mass is 9.70. The number of benzene rings is 4. The summed E-state index contributed by atoms with van der Waals surface area (Å²) in [5.41, 5.74) is 6.58. The van der Waals surface area contributed by atoms with E-state index in [1.165, 1.54) is 12.1 Å². The van der Waals surface area contributed by atoms with E-state index < -0.39 is 17.2 Å². The second-order valence-electron chi connectivity index (χ2n) is 7.64. The number of hydrogen-bond acceptors (Lipinski definition) is 0. The van der Waals surface area contributed by atoms with Gasteiger partial charge in [-0.15, -0.1) is 0 Å². The van der Waals surface area contributed by atoms with Crippen LogP contribution in [0.3, 0.4) is 0 Å². The molecule has 2 aliphatic rings. The van der Waals surface area contributed by atoms with E-state index in [9.17, 15) is 13.2 Å². The minimum atomic E-state index is -4.39. The molecule has 4 aromatic carbocycles. The molecule has 0 fully saturated rings. The molecule has 0 aromatic heterocycles. The highest BCUT2D eigenvalue weighted by Crippen LogP contribution is 2.62. The molecule has 4 aromatic rings. The van der Waals surface area contributed by atoms with E-state index in [1.54, 1.807) is 6.07 Å². The van der Waals surface area contributed by atoms with Gasteiger partial charge in [-0.05, 0) is 56.6 Å². The van der Waals surface area contributed by atoms with Gasteiger partial charge < -0.3 is 0 Å². The number of hydrogen-bond donors (Lipinski definition) is 0. The summed E-state index contributed by atoms with van der Waals surface area (Å²) in [6.45, 7) is 0. The Morgan fingerprint density at radius 3 is 1.34 bits per heavy atom. The number of rotatable bonds is 0. The molecule has 0 aliphatic heterocycles. The maximum Gasteiger partial charge on any atom is 0.416 e. The highest BCUT2D eigenvalue weighted by molar-refractivity contribution is 5.94. The van der Waals surface area contributed by atoms with Crippen LogP contribution in [0.2, 0.25) is 0 Å². The Kier molecular flexibility index (Phi) is 3.08. The van der Waals surface area contributed by atoms with Crippen molar-refractivity contribution in [3.8, 4) is 22.3 Å². The first-order valence-corrected chi connectivity index (χ1v) is 9.54. The summed E-state index contributed by atoms with van der Waals surface area (Å²) in [6.07, 6.45) is -4.39. The number of alkyl halides is 3. The maximum atomic E-state index is 13.7. The van der Waals surface area contributed by atoms with Gasteiger partial charge in [0.15, 0.2) is 0 Å². The van der Waals surface area contributed by atoms with Crippen LogP contribution in [0.15, 0.2) is 91.0 Å². The van der Waals surface area contributed by atoms with Gasteiger partial charge in [0, 0.05) is 0 Å². The molecular formula is C26H15F3. The second kappa shape index (κ2) is 5.38. The van der Waals surface area contributed by atoms with Gasteiger partial charge in [-0.1, -0.05) is 78.9 Å². The monoisotopic (exact) mass is 384 g/mol. The zero-order valence-electron chi connectivity index (χ0n) is 15.3. The third-order valence-corrected chi connectivity index (χ3v) is 6.32. The molecule has 0 saturated carbocycles. The van der Waals surface area contributed by atoms with Gasteiger partial charge in [0.2, 0.25) is 0 Å². The summed E-state index contributed by atoms with van der Waals surface area (Å²) >= 11 is 0. The van der Waals surface area contributed by atoms with Crippen molar-refractivity contribution in [2.24, 2.45) is 0 Å². The molecule has 0 heterocycles. The van der Waals surface area contributed by atoms with Crippen LogP contribution in [0.5, 0.6) is 0 Å². The molecule has 0 radical (unpaired) electrons. The molecule has 2 aliphatic carbocycles. The van der Waals surface area contributed by atoms with Crippen molar-refractivity contribution < 1.29 is 13.2 Å². The van der Waals surface area contributed by atoms with Gasteiger partial charge in [-0.2, -0.15) is 13.2 Å². The standard InChI is InChI=1S/C26H15F3/c27-26(28,29)16-13-14-20-19-9-3-6-12-23(19)25(24(20)15-16)21-10-4-1-7-17(21)18-8-2-5-11-22(18)25/h1-15H. The van der Waals surface area contributed by atoms with Crippen molar-refractivity contribution in [2.45, 2.75) is 11.6 Å². The molecule has 3 heteroatoms. The summed E-state index contributed by atoms with van der Waals surface area (Å²) in [5.74, 6) is 0. The van der Waals surface area contributed by atoms with Crippen molar-refractivity contribution in [3.05, 3.63) is 119 Å². The predicted molar refractivity (Wildman–Crippen MR) is 108 cm³/mol. The van der Waals surface area contributed by atoms with Crippen LogP contribution in [0.1, 0.15) is 27.8 Å². The Balaban J connectivity index is 1.82. The van der Waals surface area contributed by atoms with E-state index in [1.807, 2.05) is 42.5 Å². The Morgan fingerprint density at radius 1 is 0.483 bits per heavy atom. The summed E-state index contributed by atoms with van der Waals surface area (Å²) in [7, 11) is 0. The second-order valence-corrected chi connectivity index (χ2v) is 7.64. The summed E-state index contributed by atoms with van der Waals surface area (Å²) in [4.78, 5) is 0. The lowest BCUT2D eigenvalue weighted by Crippen LogP contribution is -2.26. The Morgan fingerprint density at radius 2 is 0.897 bits per heavy atom. The fourth-order valence-corrected chi connectivity index (χ4v) is 5.27. The van der Waals surface area contributed by atoms with Crippen LogP contribution in [0.25, 0.3) is 22.3 Å². The van der Waals surface area contributed by atoms with Crippen molar-refractivity contribution >= 4 is 0 Å². The molecule has 0 bridgehead atoms. The number of fused-ring (bicyclic) bond motifs is 10. The van der Waals surface area contributed by atoms with Gasteiger partial charge in [-0.25, -0.2) is 0 Å². The van der Waals surface area contributed by atoms with E-state index in [0.29, 0.717) is 5.56 Å². The van der Waals surface area contributed by atoms with E-state index in [2.05, 4.69) is 30.3 Å². The first kappa shape index (κ1) is 16.6. The molecule has 0 nitrogen and oxygen atoms in total. The Labute approximate surface area is 166 Å². The topological polar surface area (TPSA) is 0 Å². The van der Waals surface area contributed by atoms with Crippen molar-refractivity contribution in [2.75, 3.05) is 0 Å². The van der Waals surface area contributed by atoms with Crippen LogP contribution >= 0.6 is 0 Å². The van der Waals surface area contributed by atoms with Crippen molar-refractivity contribution in [1.82, 2.24) is 0 Å². The largest absolute Gasteiger partial charge is 0.416 e. The molecule has 0 N–H and O–H groups in total. The van der Waals surface area contributed by atoms with Crippen LogP contribution < -0.4 is 0 Å². The maximum absolute atomic E-state index is 13.7. The van der Waals surface area contributed by atoms with Gasteiger partial charge in [-0.3, -0.25) is 0 Å². The average molecular weight is 384 g/mol. The first-order chi connectivity index (χ1) is 14.0. The van der Waals surface area contributed by atoms with Crippen LogP contribution in [-0.2, 0) is 11.6 Å². The molecule has 29 heavy (non-hydrogen) atoms. The summed E-state index contributed by atoms with van der Waals surface area (Å²) in [6, 6.07) is 28.3. The molecular weight excluding hydrogens is 369 g/mol. The molecule has 0 atom stereocenters. The van der Waals surface area contributed by atoms with Crippen LogP contribution in [0.4, 0.5) is 13.2 Å². The van der Waals surface area contributed by atoms with Gasteiger partial charge in [0.1, 0.15) is 0 Å². The molecule has 0 unspecified atom stereocenters. The first-order valence-electron chi connectivity index (χ1n) is 9.54. The minimum absolute atomic E-state index is 0.606. The molecule has 1 spiro atoms. The third kappa shape index (κ3) is 1.95. The zero-order valence-corrected chi connectivity index (χ0v) is 15.3. The molecule has 6 rings (SSSR count). The van der Waals surface area contributed by atoms with Crippen molar-refractivity contribution in [1.29, 1.82) is 0 Å². The van der Waals surface area contributed by atoms with Gasteiger partial charge in [0.25, 0.3) is 0 Å². The average Bonchev–Trinajstić information content (AvgIpc) is 3.20. The molecule has 0 amide bonds. The van der Waals surface area contributed by atoms with E-state index in [-0.39, 0.29) is 0 Å². The van der Waals surface area contributed by atoms with E-state index >= 15 is 0 Å². The quantitative estimate of drug-likeness (QED) is 0.263.